The third-order valence-electron chi connectivity index (χ3n) is 1.86. The molecule has 0 bridgehead atoms. The topological polar surface area (TPSA) is 38.0 Å². The van der Waals surface area contributed by atoms with Gasteiger partial charge in [0.1, 0.15) is 5.75 Å². The Kier molecular flexibility index (Phi) is 2.97. The number of phenolic OH excluding ortho intramolecular Hbond substituents is 1. The molecule has 2 aromatic rings. The second-order valence-electron chi connectivity index (χ2n) is 2.78. The monoisotopic (exact) mass is 236 g/mol. The van der Waals surface area contributed by atoms with Crippen molar-refractivity contribution in [1.82, 2.24) is 9.55 Å². The van der Waals surface area contributed by atoms with E-state index < -0.39 is 0 Å². The third kappa shape index (κ3) is 2.15. The number of nitrogens with zero attached hydrogens (tertiary/aromatic N) is 2. The van der Waals surface area contributed by atoms with Gasteiger partial charge in [-0.05, 0) is 24.3 Å². The van der Waals surface area contributed by atoms with Gasteiger partial charge >= 0.3 is 0 Å². The van der Waals surface area contributed by atoms with Crippen molar-refractivity contribution in [2.45, 2.75) is 5.16 Å². The maximum absolute atomic E-state index is 9.17. The van der Waals surface area contributed by atoms with Crippen LogP contribution in [-0.4, -0.2) is 14.7 Å². The van der Waals surface area contributed by atoms with E-state index in [-0.39, 0.29) is 5.75 Å². The van der Waals surface area contributed by atoms with Crippen LogP contribution in [-0.2, 0) is 0 Å². The second kappa shape index (κ2) is 4.40. The fourth-order valence-corrected chi connectivity index (χ4v) is 2.27. The molecular weight excluding hydrogens is 228 g/mol. The van der Waals surface area contributed by atoms with Gasteiger partial charge in [0.2, 0.25) is 0 Å². The molecule has 5 heteroatoms. The fraction of sp³-hybridized carbons (Fsp3) is 0. The van der Waals surface area contributed by atoms with Crippen LogP contribution in [0, 0.1) is 5.69 Å². The summed E-state index contributed by atoms with van der Waals surface area (Å²) in [5.41, 5.74) is 6.32. The SMILES string of the molecule is C#SSc1nccn1-c1ccc(O)cc1. The van der Waals surface area contributed by atoms with Crippen LogP contribution in [0.25, 0.3) is 5.69 Å². The van der Waals surface area contributed by atoms with Crippen LogP contribution in [0.5, 0.6) is 5.75 Å². The highest BCUT2D eigenvalue weighted by atomic mass is 33.1. The van der Waals surface area contributed by atoms with Crippen molar-refractivity contribution in [2.24, 2.45) is 0 Å². The second-order valence-corrected chi connectivity index (χ2v) is 4.58. The van der Waals surface area contributed by atoms with Crippen molar-refractivity contribution in [3.8, 4) is 17.1 Å². The lowest BCUT2D eigenvalue weighted by molar-refractivity contribution is 0.475. The predicted molar refractivity (Wildman–Crippen MR) is 63.6 cm³/mol. The molecule has 76 valence electrons. The van der Waals surface area contributed by atoms with Crippen molar-refractivity contribution < 1.29 is 5.11 Å². The van der Waals surface area contributed by atoms with Crippen molar-refractivity contribution in [3.63, 3.8) is 0 Å². The Labute approximate surface area is 94.8 Å². The van der Waals surface area contributed by atoms with E-state index in [2.05, 4.69) is 4.98 Å². The molecule has 0 unspecified atom stereocenters. The number of hydrogen-bond donors (Lipinski definition) is 1. The maximum atomic E-state index is 9.17. The van der Waals surface area contributed by atoms with Crippen LogP contribution in [0.15, 0.2) is 41.8 Å². The lowest BCUT2D eigenvalue weighted by Gasteiger charge is -2.04. The maximum Gasteiger partial charge on any atom is 0.187 e. The minimum Gasteiger partial charge on any atom is -0.508 e. The summed E-state index contributed by atoms with van der Waals surface area (Å²) in [6.07, 6.45) is 3.57. The van der Waals surface area contributed by atoms with Gasteiger partial charge in [0.05, 0.1) is 0 Å². The molecule has 0 radical (unpaired) electrons. The molecule has 0 atom stereocenters. The highest BCUT2D eigenvalue weighted by molar-refractivity contribution is 8.71. The van der Waals surface area contributed by atoms with Gasteiger partial charge in [0, 0.05) is 28.9 Å². The number of imidazole rings is 1. The molecule has 1 N–H and O–H groups in total. The molecule has 1 aromatic carbocycles. The minimum absolute atomic E-state index is 0.251. The lowest BCUT2D eigenvalue weighted by Crippen LogP contribution is -1.92. The largest absolute Gasteiger partial charge is 0.508 e. The number of rotatable bonds is 2. The summed E-state index contributed by atoms with van der Waals surface area (Å²) in [5.74, 6) is 0.251. The Bertz CT molecular complexity index is 499. The molecule has 0 saturated heterocycles. The molecule has 1 aromatic heterocycles. The van der Waals surface area contributed by atoms with Gasteiger partial charge in [0.25, 0.3) is 0 Å². The van der Waals surface area contributed by atoms with Crippen molar-refractivity contribution in [2.75, 3.05) is 0 Å². The van der Waals surface area contributed by atoms with E-state index in [1.54, 1.807) is 18.3 Å². The molecule has 2 rings (SSSR count). The zero-order valence-electron chi connectivity index (χ0n) is 7.70. The van der Waals surface area contributed by atoms with E-state index in [1.165, 1.54) is 10.8 Å². The number of hydrogen-bond acceptors (Lipinski definition) is 3. The molecule has 0 spiro atoms. The number of aromatic hydroxyl groups is 1. The molecule has 3 nitrogen and oxygen atoms in total. The van der Waals surface area contributed by atoms with Crippen LogP contribution < -0.4 is 0 Å². The van der Waals surface area contributed by atoms with Crippen molar-refractivity contribution >= 4 is 21.0 Å². The first-order chi connectivity index (χ1) is 7.31. The normalized spacial score (nSPS) is 10.1. The molecule has 15 heavy (non-hydrogen) atoms. The molecule has 0 amide bonds. The number of benzene rings is 1. The van der Waals surface area contributed by atoms with Gasteiger partial charge in [-0.15, -0.1) is 0 Å². The van der Waals surface area contributed by atoms with E-state index >= 15 is 0 Å². The summed E-state index contributed by atoms with van der Waals surface area (Å²) in [6.45, 7) is 0. The molecule has 0 saturated carbocycles. The number of phenols is 1. The third-order valence-corrected chi connectivity index (χ3v) is 3.14. The minimum atomic E-state index is 0.251. The molecular formula is C10H8N2OS2. The van der Waals surface area contributed by atoms with Crippen molar-refractivity contribution in [3.05, 3.63) is 36.7 Å². The predicted octanol–water partition coefficient (Wildman–Crippen LogP) is 2.91. The molecule has 0 fully saturated rings. The summed E-state index contributed by atoms with van der Waals surface area (Å²) in [6, 6.07) is 6.92. The quantitative estimate of drug-likeness (QED) is 0.815. The van der Waals surface area contributed by atoms with E-state index in [9.17, 15) is 5.11 Å². The standard InChI is InChI=1S/C10H8N2OS2/c1-14-15-10-11-6-7-12(10)8-2-4-9(13)5-3-8/h1-7,13H. The first-order valence-corrected chi connectivity index (χ1v) is 6.39. The Morgan fingerprint density at radius 1 is 1.27 bits per heavy atom. The first-order valence-electron chi connectivity index (χ1n) is 4.17. The molecule has 0 aliphatic carbocycles. The zero-order valence-corrected chi connectivity index (χ0v) is 9.33. The smallest absolute Gasteiger partial charge is 0.187 e. The first kappa shape index (κ1) is 10.1. The Balaban J connectivity index is 2.41. The molecule has 0 aliphatic rings. The average Bonchev–Trinajstić information content (AvgIpc) is 2.68. The summed E-state index contributed by atoms with van der Waals surface area (Å²) in [4.78, 5) is 4.17. The highest BCUT2D eigenvalue weighted by Gasteiger charge is 2.03. The van der Waals surface area contributed by atoms with Gasteiger partial charge in [0.15, 0.2) is 5.16 Å². The van der Waals surface area contributed by atoms with Crippen LogP contribution in [0.1, 0.15) is 0 Å². The van der Waals surface area contributed by atoms with Gasteiger partial charge in [-0.2, -0.15) is 0 Å². The summed E-state index contributed by atoms with van der Waals surface area (Å²) in [5, 5.41) is 9.99. The summed E-state index contributed by atoms with van der Waals surface area (Å²) < 4.78 is 1.91. The van der Waals surface area contributed by atoms with Crippen LogP contribution in [0.2, 0.25) is 0 Å². The molecule has 1 heterocycles. The van der Waals surface area contributed by atoms with E-state index in [0.717, 1.165) is 21.0 Å². The average molecular weight is 236 g/mol. The van der Waals surface area contributed by atoms with Crippen LogP contribution >= 0.6 is 21.0 Å². The molecule has 0 aliphatic heterocycles. The van der Waals surface area contributed by atoms with E-state index in [4.69, 9.17) is 5.69 Å². The zero-order chi connectivity index (χ0) is 10.7. The van der Waals surface area contributed by atoms with Gasteiger partial charge in [-0.3, -0.25) is 4.57 Å². The fourth-order valence-electron chi connectivity index (χ4n) is 1.20. The summed E-state index contributed by atoms with van der Waals surface area (Å²) in [7, 11) is 2.55. The van der Waals surface area contributed by atoms with Crippen LogP contribution in [0.3, 0.4) is 0 Å². The van der Waals surface area contributed by atoms with Gasteiger partial charge in [-0.1, -0.05) is 15.9 Å². The Morgan fingerprint density at radius 2 is 2.00 bits per heavy atom. The van der Waals surface area contributed by atoms with E-state index in [1.807, 2.05) is 22.9 Å². The van der Waals surface area contributed by atoms with Crippen molar-refractivity contribution in [1.29, 1.82) is 0 Å². The lowest BCUT2D eigenvalue weighted by atomic mass is 10.3. The van der Waals surface area contributed by atoms with Crippen LogP contribution in [0.4, 0.5) is 0 Å². The van der Waals surface area contributed by atoms with Gasteiger partial charge < -0.3 is 5.11 Å². The Morgan fingerprint density at radius 3 is 2.67 bits per heavy atom. The highest BCUT2D eigenvalue weighted by Crippen LogP contribution is 2.25. The number of aromatic nitrogens is 2. The summed E-state index contributed by atoms with van der Waals surface area (Å²) >= 11 is 0. The van der Waals surface area contributed by atoms with E-state index in [0.29, 0.717) is 0 Å². The Hall–Kier alpha value is -1.42. The van der Waals surface area contributed by atoms with Gasteiger partial charge in [-0.25, -0.2) is 4.98 Å².